The van der Waals surface area contributed by atoms with Gasteiger partial charge in [0.1, 0.15) is 12.2 Å². The zero-order valence-corrected chi connectivity index (χ0v) is 23.2. The molecule has 0 bridgehead atoms. The molecule has 11 heteroatoms. The number of nitrogens with zero attached hydrogens (tertiary/aromatic N) is 1. The van der Waals surface area contributed by atoms with Gasteiger partial charge in [-0.3, -0.25) is 4.79 Å². The van der Waals surface area contributed by atoms with Gasteiger partial charge in [-0.15, -0.1) is 6.42 Å². The number of alkyl carbamates (subject to hydrolysis) is 1. The van der Waals surface area contributed by atoms with Crippen LogP contribution in [0.15, 0.2) is 0 Å². The van der Waals surface area contributed by atoms with Crippen LogP contribution in [0.3, 0.4) is 0 Å². The van der Waals surface area contributed by atoms with Crippen molar-refractivity contribution in [1.29, 1.82) is 0 Å². The van der Waals surface area contributed by atoms with Crippen molar-refractivity contribution in [1.82, 2.24) is 10.2 Å². The number of hydrogen-bond donors (Lipinski definition) is 1. The third kappa shape index (κ3) is 25.5. The van der Waals surface area contributed by atoms with E-state index in [1.54, 1.807) is 25.7 Å². The number of amides is 2. The molecule has 0 aliphatic rings. The van der Waals surface area contributed by atoms with Crippen LogP contribution in [0.4, 0.5) is 4.79 Å². The van der Waals surface area contributed by atoms with E-state index in [2.05, 4.69) is 11.2 Å². The molecule has 0 fully saturated rings. The normalized spacial score (nSPS) is 11.2. The van der Waals surface area contributed by atoms with Crippen molar-refractivity contribution in [2.75, 3.05) is 98.9 Å². The average Bonchev–Trinajstić information content (AvgIpc) is 2.84. The molecule has 0 unspecified atom stereocenters. The number of terminal acetylenes is 1. The second-order valence-corrected chi connectivity index (χ2v) is 8.88. The summed E-state index contributed by atoms with van der Waals surface area (Å²) in [7, 11) is 0. The summed E-state index contributed by atoms with van der Waals surface area (Å²) in [5.41, 5.74) is -0.545. The summed E-state index contributed by atoms with van der Waals surface area (Å²) in [6.45, 7) is 13.7. The van der Waals surface area contributed by atoms with Crippen LogP contribution in [0.25, 0.3) is 0 Å². The van der Waals surface area contributed by atoms with Gasteiger partial charge < -0.3 is 43.4 Å². The fraction of sp³-hybridized carbons (Fsp3) is 0.846. The van der Waals surface area contributed by atoms with Gasteiger partial charge in [0.15, 0.2) is 0 Å². The van der Waals surface area contributed by atoms with Crippen LogP contribution in [0.5, 0.6) is 0 Å². The number of nitrogens with one attached hydrogen (secondary N) is 1. The Labute approximate surface area is 222 Å². The van der Waals surface area contributed by atoms with Crippen LogP contribution in [0.2, 0.25) is 0 Å². The quantitative estimate of drug-likeness (QED) is 0.147. The fourth-order valence-corrected chi connectivity index (χ4v) is 2.71. The van der Waals surface area contributed by atoms with Crippen molar-refractivity contribution in [3.8, 4) is 12.3 Å². The van der Waals surface area contributed by atoms with E-state index in [0.29, 0.717) is 92.3 Å². The summed E-state index contributed by atoms with van der Waals surface area (Å²) in [6, 6.07) is 0. The van der Waals surface area contributed by atoms with E-state index in [1.165, 1.54) is 0 Å². The van der Waals surface area contributed by atoms with E-state index >= 15 is 0 Å². The minimum atomic E-state index is -0.545. The van der Waals surface area contributed by atoms with Crippen LogP contribution in [-0.2, 0) is 38.0 Å². The molecular weight excluding hydrogens is 484 g/mol. The van der Waals surface area contributed by atoms with Crippen molar-refractivity contribution in [3.63, 3.8) is 0 Å². The van der Waals surface area contributed by atoms with Crippen LogP contribution < -0.4 is 5.32 Å². The van der Waals surface area contributed by atoms with Gasteiger partial charge in [-0.25, -0.2) is 4.79 Å². The van der Waals surface area contributed by atoms with Gasteiger partial charge in [0.2, 0.25) is 5.91 Å². The monoisotopic (exact) mass is 532 g/mol. The molecule has 0 aliphatic carbocycles. The molecule has 0 spiro atoms. The SMILES string of the molecule is C#CCOCCOCCOCCOCCC(=O)N(CCOCCC)CCOCCNC(=O)OC(C)(C)C. The average molecular weight is 533 g/mol. The van der Waals surface area contributed by atoms with E-state index in [1.807, 2.05) is 6.92 Å². The number of ether oxygens (including phenoxy) is 7. The molecule has 0 aromatic carbocycles. The van der Waals surface area contributed by atoms with Gasteiger partial charge >= 0.3 is 6.09 Å². The first kappa shape index (κ1) is 35.1. The van der Waals surface area contributed by atoms with E-state index in [4.69, 9.17) is 39.6 Å². The Morgan fingerprint density at radius 3 is 1.81 bits per heavy atom. The molecule has 0 aromatic heterocycles. The Bertz CT molecular complexity index is 606. The zero-order chi connectivity index (χ0) is 27.6. The van der Waals surface area contributed by atoms with Crippen LogP contribution >= 0.6 is 0 Å². The van der Waals surface area contributed by atoms with E-state index in [0.717, 1.165) is 6.42 Å². The molecule has 0 radical (unpaired) electrons. The molecule has 216 valence electrons. The Morgan fingerprint density at radius 1 is 0.757 bits per heavy atom. The molecule has 37 heavy (non-hydrogen) atoms. The molecule has 0 aromatic rings. The highest BCUT2D eigenvalue weighted by molar-refractivity contribution is 5.76. The van der Waals surface area contributed by atoms with Gasteiger partial charge in [-0.2, -0.15) is 0 Å². The van der Waals surface area contributed by atoms with Crippen molar-refractivity contribution < 1.29 is 42.7 Å². The lowest BCUT2D eigenvalue weighted by atomic mass is 10.2. The second kappa shape index (κ2) is 24.4. The molecule has 0 rings (SSSR count). The van der Waals surface area contributed by atoms with Crippen LogP contribution in [0, 0.1) is 12.3 Å². The highest BCUT2D eigenvalue weighted by atomic mass is 16.6. The van der Waals surface area contributed by atoms with E-state index in [-0.39, 0.29) is 18.9 Å². The maximum absolute atomic E-state index is 12.6. The van der Waals surface area contributed by atoms with Crippen molar-refractivity contribution >= 4 is 12.0 Å². The van der Waals surface area contributed by atoms with Gasteiger partial charge in [-0.1, -0.05) is 12.8 Å². The zero-order valence-electron chi connectivity index (χ0n) is 23.2. The van der Waals surface area contributed by atoms with Gasteiger partial charge in [0.25, 0.3) is 0 Å². The van der Waals surface area contributed by atoms with E-state index < -0.39 is 11.7 Å². The lowest BCUT2D eigenvalue weighted by Crippen LogP contribution is -2.38. The first-order valence-corrected chi connectivity index (χ1v) is 12.9. The molecule has 11 nitrogen and oxygen atoms in total. The highest BCUT2D eigenvalue weighted by Crippen LogP contribution is 2.06. The fourth-order valence-electron chi connectivity index (χ4n) is 2.71. The van der Waals surface area contributed by atoms with E-state index in [9.17, 15) is 9.59 Å². The predicted molar refractivity (Wildman–Crippen MR) is 139 cm³/mol. The Kier molecular flexibility index (Phi) is 23.1. The summed E-state index contributed by atoms with van der Waals surface area (Å²) < 4.78 is 37.6. The van der Waals surface area contributed by atoms with Crippen LogP contribution in [0.1, 0.15) is 40.5 Å². The van der Waals surface area contributed by atoms with Crippen molar-refractivity contribution in [2.24, 2.45) is 0 Å². The minimum absolute atomic E-state index is 0.0306. The maximum Gasteiger partial charge on any atom is 0.407 e. The molecule has 2 amide bonds. The van der Waals surface area contributed by atoms with Gasteiger partial charge in [-0.05, 0) is 27.2 Å². The van der Waals surface area contributed by atoms with Crippen molar-refractivity contribution in [2.45, 2.75) is 46.1 Å². The maximum atomic E-state index is 12.6. The Balaban J connectivity index is 3.97. The van der Waals surface area contributed by atoms with Gasteiger partial charge in [0.05, 0.1) is 72.5 Å². The second-order valence-electron chi connectivity index (χ2n) is 8.88. The molecule has 0 aliphatic heterocycles. The minimum Gasteiger partial charge on any atom is -0.444 e. The number of rotatable bonds is 24. The topological polar surface area (TPSA) is 114 Å². The third-order valence-corrected chi connectivity index (χ3v) is 4.39. The predicted octanol–water partition coefficient (Wildman–Crippen LogP) is 1.87. The largest absolute Gasteiger partial charge is 0.444 e. The number of carbonyl (C=O) groups excluding carboxylic acids is 2. The molecular formula is C26H48N2O9. The molecule has 0 atom stereocenters. The Morgan fingerprint density at radius 2 is 1.27 bits per heavy atom. The first-order valence-electron chi connectivity index (χ1n) is 12.9. The van der Waals surface area contributed by atoms with Gasteiger partial charge in [0, 0.05) is 26.2 Å². The number of hydrogen-bond acceptors (Lipinski definition) is 9. The smallest absolute Gasteiger partial charge is 0.407 e. The third-order valence-electron chi connectivity index (χ3n) is 4.39. The summed E-state index contributed by atoms with van der Waals surface area (Å²) in [5.74, 6) is 2.36. The molecule has 0 saturated carbocycles. The molecule has 0 heterocycles. The lowest BCUT2D eigenvalue weighted by Gasteiger charge is -2.23. The molecule has 0 saturated heterocycles. The summed E-state index contributed by atoms with van der Waals surface area (Å²) >= 11 is 0. The standard InChI is InChI=1S/C26H48N2O9/c1-6-12-31-16-10-28(11-17-34-15-9-27-25(30)37-26(3,4)5)24(29)8-14-33-19-21-36-23-22-35-20-18-32-13-7-2/h2H,6,8-23H2,1,3-5H3,(H,27,30). The Hall–Kier alpha value is -1.94. The summed E-state index contributed by atoms with van der Waals surface area (Å²) in [6.07, 6.45) is 5.78. The highest BCUT2D eigenvalue weighted by Gasteiger charge is 2.16. The number of carbonyl (C=O) groups is 2. The molecule has 1 N–H and O–H groups in total. The van der Waals surface area contributed by atoms with Crippen LogP contribution in [-0.4, -0.2) is 121 Å². The lowest BCUT2D eigenvalue weighted by molar-refractivity contribution is -0.134. The first-order chi connectivity index (χ1) is 17.8. The summed E-state index contributed by atoms with van der Waals surface area (Å²) in [5, 5.41) is 2.64. The summed E-state index contributed by atoms with van der Waals surface area (Å²) in [4.78, 5) is 26.0. The van der Waals surface area contributed by atoms with Crippen molar-refractivity contribution in [3.05, 3.63) is 0 Å².